The van der Waals surface area contributed by atoms with Crippen LogP contribution in [0.15, 0.2) is 17.3 Å². The van der Waals surface area contributed by atoms with Gasteiger partial charge in [0.1, 0.15) is 5.84 Å². The van der Waals surface area contributed by atoms with Crippen LogP contribution in [-0.4, -0.2) is 48.7 Å². The molecule has 0 spiro atoms. The average molecular weight is 299 g/mol. The van der Waals surface area contributed by atoms with Gasteiger partial charge in [-0.15, -0.1) is 11.3 Å². The number of amides is 1. The fourth-order valence-electron chi connectivity index (χ4n) is 1.65. The van der Waals surface area contributed by atoms with E-state index >= 15 is 0 Å². The van der Waals surface area contributed by atoms with E-state index in [-0.39, 0.29) is 11.7 Å². The number of hydrogen-bond donors (Lipinski definition) is 2. The summed E-state index contributed by atoms with van der Waals surface area (Å²) in [6, 6.07) is 3.81. The standard InChI is InChI=1S/C13H21N3O3S/c1-3-10-4-5-11(20-10)13(17)16(8-9-19-2)7-6-12(14)15-18/h4-5,18H,3,6-9H2,1-2H3,(H2,14,15). The normalized spacial score (nSPS) is 11.6. The van der Waals surface area contributed by atoms with Gasteiger partial charge in [-0.2, -0.15) is 0 Å². The Kier molecular flexibility index (Phi) is 7.03. The zero-order chi connectivity index (χ0) is 15.0. The molecule has 0 atom stereocenters. The fourth-order valence-corrected chi connectivity index (χ4v) is 2.57. The summed E-state index contributed by atoms with van der Waals surface area (Å²) in [4.78, 5) is 16.0. The summed E-state index contributed by atoms with van der Waals surface area (Å²) < 4.78 is 5.02. The molecule has 1 rings (SSSR count). The number of oxime groups is 1. The lowest BCUT2D eigenvalue weighted by molar-refractivity contribution is 0.0705. The number of carbonyl (C=O) groups excluding carboxylic acids is 1. The van der Waals surface area contributed by atoms with E-state index in [0.29, 0.717) is 31.0 Å². The van der Waals surface area contributed by atoms with Gasteiger partial charge in [-0.3, -0.25) is 4.79 Å². The number of carbonyl (C=O) groups is 1. The van der Waals surface area contributed by atoms with Crippen molar-refractivity contribution in [2.75, 3.05) is 26.8 Å². The van der Waals surface area contributed by atoms with Crippen LogP contribution in [-0.2, 0) is 11.2 Å². The summed E-state index contributed by atoms with van der Waals surface area (Å²) in [5, 5.41) is 11.5. The van der Waals surface area contributed by atoms with Gasteiger partial charge in [0.2, 0.25) is 0 Å². The molecule has 0 saturated heterocycles. The Balaban J connectivity index is 2.72. The first-order chi connectivity index (χ1) is 9.62. The molecule has 0 radical (unpaired) electrons. The van der Waals surface area contributed by atoms with Crippen LogP contribution < -0.4 is 5.73 Å². The van der Waals surface area contributed by atoms with Gasteiger partial charge in [-0.25, -0.2) is 0 Å². The molecule has 0 aliphatic rings. The first-order valence-corrected chi connectivity index (χ1v) is 7.27. The molecule has 1 aromatic rings. The molecule has 20 heavy (non-hydrogen) atoms. The molecule has 1 amide bonds. The first-order valence-electron chi connectivity index (χ1n) is 6.45. The monoisotopic (exact) mass is 299 g/mol. The van der Waals surface area contributed by atoms with Crippen molar-refractivity contribution in [1.82, 2.24) is 4.90 Å². The maximum atomic E-state index is 12.4. The molecule has 1 heterocycles. The van der Waals surface area contributed by atoms with Gasteiger partial charge in [0, 0.05) is 31.5 Å². The number of rotatable bonds is 8. The molecule has 0 bridgehead atoms. The third-order valence-corrected chi connectivity index (χ3v) is 4.06. The van der Waals surface area contributed by atoms with Crippen LogP contribution in [0, 0.1) is 0 Å². The predicted molar refractivity (Wildman–Crippen MR) is 79.5 cm³/mol. The number of aryl methyl sites for hydroxylation is 1. The quantitative estimate of drug-likeness (QED) is 0.330. The van der Waals surface area contributed by atoms with E-state index in [1.807, 2.05) is 12.1 Å². The van der Waals surface area contributed by atoms with Gasteiger partial charge >= 0.3 is 0 Å². The summed E-state index contributed by atoms with van der Waals surface area (Å²) in [6.45, 7) is 3.39. The summed E-state index contributed by atoms with van der Waals surface area (Å²) in [5.74, 6) is 0.0677. The molecule has 7 heteroatoms. The molecular weight excluding hydrogens is 278 g/mol. The Hall–Kier alpha value is -1.60. The molecule has 6 nitrogen and oxygen atoms in total. The van der Waals surface area contributed by atoms with E-state index in [1.54, 1.807) is 12.0 Å². The molecule has 1 aromatic heterocycles. The van der Waals surface area contributed by atoms with E-state index < -0.39 is 0 Å². The van der Waals surface area contributed by atoms with E-state index in [4.69, 9.17) is 15.7 Å². The summed E-state index contributed by atoms with van der Waals surface area (Å²) >= 11 is 1.50. The highest BCUT2D eigenvalue weighted by atomic mass is 32.1. The largest absolute Gasteiger partial charge is 0.409 e. The fraction of sp³-hybridized carbons (Fsp3) is 0.538. The van der Waals surface area contributed by atoms with Crippen LogP contribution in [0.4, 0.5) is 0 Å². The number of ether oxygens (including phenoxy) is 1. The average Bonchev–Trinajstić information content (AvgIpc) is 2.95. The minimum absolute atomic E-state index is 0.0440. The van der Waals surface area contributed by atoms with Crippen molar-refractivity contribution in [2.45, 2.75) is 19.8 Å². The molecule has 112 valence electrons. The Bertz CT molecular complexity index is 459. The zero-order valence-corrected chi connectivity index (χ0v) is 12.7. The van der Waals surface area contributed by atoms with Crippen LogP contribution in [0.3, 0.4) is 0 Å². The number of thiophene rings is 1. The summed E-state index contributed by atoms with van der Waals surface area (Å²) in [7, 11) is 1.59. The first kappa shape index (κ1) is 16.5. The highest BCUT2D eigenvalue weighted by Crippen LogP contribution is 2.19. The van der Waals surface area contributed by atoms with Crippen LogP contribution in [0.5, 0.6) is 0 Å². The van der Waals surface area contributed by atoms with E-state index in [0.717, 1.165) is 6.42 Å². The predicted octanol–water partition coefficient (Wildman–Crippen LogP) is 1.54. The van der Waals surface area contributed by atoms with Crippen molar-refractivity contribution in [2.24, 2.45) is 10.9 Å². The molecular formula is C13H21N3O3S. The minimum Gasteiger partial charge on any atom is -0.409 e. The molecule has 0 fully saturated rings. The summed E-state index contributed by atoms with van der Waals surface area (Å²) in [6.07, 6.45) is 1.25. The number of amidine groups is 1. The minimum atomic E-state index is -0.0440. The van der Waals surface area contributed by atoms with Gasteiger partial charge in [0.15, 0.2) is 0 Å². The Morgan fingerprint density at radius 1 is 1.50 bits per heavy atom. The van der Waals surface area contributed by atoms with E-state index in [9.17, 15) is 4.79 Å². The molecule has 0 aliphatic heterocycles. The van der Waals surface area contributed by atoms with Crippen LogP contribution in [0.2, 0.25) is 0 Å². The topological polar surface area (TPSA) is 88.2 Å². The lowest BCUT2D eigenvalue weighted by Gasteiger charge is -2.21. The van der Waals surface area contributed by atoms with Crippen molar-refractivity contribution >= 4 is 23.1 Å². The van der Waals surface area contributed by atoms with Gasteiger partial charge in [-0.05, 0) is 18.6 Å². The molecule has 0 saturated carbocycles. The van der Waals surface area contributed by atoms with Crippen molar-refractivity contribution in [1.29, 1.82) is 0 Å². The number of methoxy groups -OCH3 is 1. The van der Waals surface area contributed by atoms with Gasteiger partial charge in [0.25, 0.3) is 5.91 Å². The summed E-state index contributed by atoms with van der Waals surface area (Å²) in [5.41, 5.74) is 5.45. The van der Waals surface area contributed by atoms with Crippen molar-refractivity contribution in [3.05, 3.63) is 21.9 Å². The SMILES string of the molecule is CCc1ccc(C(=O)N(CCOC)CCC(N)=NO)s1. The highest BCUT2D eigenvalue weighted by Gasteiger charge is 2.17. The lowest BCUT2D eigenvalue weighted by atomic mass is 10.3. The Morgan fingerprint density at radius 2 is 2.25 bits per heavy atom. The second-order valence-electron chi connectivity index (χ2n) is 4.25. The maximum absolute atomic E-state index is 12.4. The van der Waals surface area contributed by atoms with Crippen molar-refractivity contribution in [3.8, 4) is 0 Å². The molecule has 3 N–H and O–H groups in total. The Morgan fingerprint density at radius 3 is 2.80 bits per heavy atom. The van der Waals surface area contributed by atoms with E-state index in [1.165, 1.54) is 16.2 Å². The second kappa shape index (κ2) is 8.55. The number of nitrogens with two attached hydrogens (primary N) is 1. The third-order valence-electron chi connectivity index (χ3n) is 2.84. The van der Waals surface area contributed by atoms with Crippen molar-refractivity contribution in [3.63, 3.8) is 0 Å². The van der Waals surface area contributed by atoms with Crippen molar-refractivity contribution < 1.29 is 14.7 Å². The maximum Gasteiger partial charge on any atom is 0.264 e. The van der Waals surface area contributed by atoms with E-state index in [2.05, 4.69) is 12.1 Å². The third kappa shape index (κ3) is 4.82. The molecule has 0 aromatic carbocycles. The van der Waals surface area contributed by atoms with Crippen LogP contribution in [0.1, 0.15) is 27.9 Å². The smallest absolute Gasteiger partial charge is 0.264 e. The second-order valence-corrected chi connectivity index (χ2v) is 5.41. The lowest BCUT2D eigenvalue weighted by Crippen LogP contribution is -2.36. The van der Waals surface area contributed by atoms with Crippen LogP contribution >= 0.6 is 11.3 Å². The Labute approximate surface area is 122 Å². The van der Waals surface area contributed by atoms with Gasteiger partial charge < -0.3 is 20.6 Å². The molecule has 0 unspecified atom stereocenters. The number of hydrogen-bond acceptors (Lipinski definition) is 5. The number of nitrogens with zero attached hydrogens (tertiary/aromatic N) is 2. The van der Waals surface area contributed by atoms with Crippen LogP contribution in [0.25, 0.3) is 0 Å². The van der Waals surface area contributed by atoms with Gasteiger partial charge in [-0.1, -0.05) is 12.1 Å². The zero-order valence-electron chi connectivity index (χ0n) is 11.8. The molecule has 0 aliphatic carbocycles. The van der Waals surface area contributed by atoms with Gasteiger partial charge in [0.05, 0.1) is 11.5 Å². The highest BCUT2D eigenvalue weighted by molar-refractivity contribution is 7.14.